The van der Waals surface area contributed by atoms with Crippen LogP contribution in [-0.4, -0.2) is 12.6 Å². The van der Waals surface area contributed by atoms with E-state index in [-0.39, 0.29) is 11.9 Å². The average Bonchev–Trinajstić information content (AvgIpc) is 1.77. The van der Waals surface area contributed by atoms with Crippen LogP contribution in [0.25, 0.3) is 0 Å². The van der Waals surface area contributed by atoms with Gasteiger partial charge in [-0.3, -0.25) is 4.89 Å². The van der Waals surface area contributed by atoms with E-state index in [1.807, 2.05) is 6.92 Å². The Bertz CT molecular complexity index is 99.8. The van der Waals surface area contributed by atoms with Gasteiger partial charge in [-0.2, -0.15) is 4.89 Å². The molecule has 1 unspecified atom stereocenters. The molecule has 1 rings (SSSR count). The van der Waals surface area contributed by atoms with Gasteiger partial charge in [0.1, 0.15) is 0 Å². The van der Waals surface area contributed by atoms with E-state index in [0.29, 0.717) is 6.61 Å². The minimum absolute atomic E-state index is 0.0174. The zero-order chi connectivity index (χ0) is 5.98. The Labute approximate surface area is 47.5 Å². The van der Waals surface area contributed by atoms with Crippen molar-refractivity contribution in [1.29, 1.82) is 0 Å². The fourth-order valence-corrected chi connectivity index (χ4v) is 0.525. The fourth-order valence-electron chi connectivity index (χ4n) is 0.525. The van der Waals surface area contributed by atoms with Crippen LogP contribution in [0, 0.1) is 5.92 Å². The first-order valence-electron chi connectivity index (χ1n) is 2.64. The normalized spacial score (nSPS) is 29.6. The Morgan fingerprint density at radius 1 is 1.75 bits per heavy atom. The first-order valence-corrected chi connectivity index (χ1v) is 2.64. The van der Waals surface area contributed by atoms with Crippen molar-refractivity contribution in [2.45, 2.75) is 13.3 Å². The molecule has 1 fully saturated rings. The third kappa shape index (κ3) is 0.980. The highest BCUT2D eigenvalue weighted by atomic mass is 17.2. The molecule has 8 heavy (non-hydrogen) atoms. The van der Waals surface area contributed by atoms with Gasteiger partial charge in [0, 0.05) is 0 Å². The van der Waals surface area contributed by atoms with Gasteiger partial charge in [0.25, 0.3) is 0 Å². The van der Waals surface area contributed by atoms with Crippen molar-refractivity contribution in [2.75, 3.05) is 6.61 Å². The summed E-state index contributed by atoms with van der Waals surface area (Å²) in [6.07, 6.45) is 0.777. The Balaban J connectivity index is 2.39. The van der Waals surface area contributed by atoms with Gasteiger partial charge in [-0.1, -0.05) is 6.92 Å². The Morgan fingerprint density at radius 3 is 2.88 bits per heavy atom. The van der Waals surface area contributed by atoms with Gasteiger partial charge in [-0.15, -0.1) is 0 Å². The number of carbonyl (C=O) groups excluding carboxylic acids is 1. The molecule has 46 valence electrons. The van der Waals surface area contributed by atoms with E-state index in [0.717, 1.165) is 6.42 Å². The van der Waals surface area contributed by atoms with Crippen LogP contribution >= 0.6 is 0 Å². The lowest BCUT2D eigenvalue weighted by Crippen LogP contribution is -2.22. The number of hydrogen-bond donors (Lipinski definition) is 0. The van der Waals surface area contributed by atoms with Crippen molar-refractivity contribution in [3.05, 3.63) is 0 Å². The summed E-state index contributed by atoms with van der Waals surface area (Å²) in [5.74, 6) is -0.236. The zero-order valence-corrected chi connectivity index (χ0v) is 4.72. The van der Waals surface area contributed by atoms with E-state index in [1.165, 1.54) is 0 Å². The lowest BCUT2D eigenvalue weighted by molar-refractivity contribution is -0.291. The molecular formula is C5H8O3. The van der Waals surface area contributed by atoms with Gasteiger partial charge < -0.3 is 0 Å². The molecule has 0 amide bonds. The number of carbonyl (C=O) groups is 1. The van der Waals surface area contributed by atoms with E-state index < -0.39 is 0 Å². The molecule has 0 radical (unpaired) electrons. The second-order valence-corrected chi connectivity index (χ2v) is 1.91. The van der Waals surface area contributed by atoms with E-state index in [1.54, 1.807) is 0 Å². The molecule has 0 spiro atoms. The predicted octanol–water partition coefficient (Wildman–Crippen LogP) is 0.501. The lowest BCUT2D eigenvalue weighted by atomic mass is 10.1. The predicted molar refractivity (Wildman–Crippen MR) is 25.8 cm³/mol. The monoisotopic (exact) mass is 116 g/mol. The summed E-state index contributed by atoms with van der Waals surface area (Å²) in [6.45, 7) is 2.36. The van der Waals surface area contributed by atoms with Gasteiger partial charge in [-0.05, 0) is 6.42 Å². The molecule has 0 bridgehead atoms. The molecule has 0 aromatic heterocycles. The minimum Gasteiger partial charge on any atom is -0.298 e. The molecule has 1 heterocycles. The number of hydrogen-bond acceptors (Lipinski definition) is 3. The molecule has 1 aliphatic rings. The first-order chi connectivity index (χ1) is 3.80. The highest BCUT2D eigenvalue weighted by Crippen LogP contribution is 2.09. The molecule has 1 saturated heterocycles. The highest BCUT2D eigenvalue weighted by Gasteiger charge is 2.19. The molecule has 0 N–H and O–H groups in total. The smallest absolute Gasteiger partial charge is 0.298 e. The molecule has 1 aliphatic heterocycles. The van der Waals surface area contributed by atoms with Crippen LogP contribution in [0.1, 0.15) is 13.3 Å². The largest absolute Gasteiger partial charge is 0.345 e. The van der Waals surface area contributed by atoms with E-state index in [4.69, 9.17) is 0 Å². The lowest BCUT2D eigenvalue weighted by Gasteiger charge is -2.14. The average molecular weight is 116 g/mol. The molecule has 0 aliphatic carbocycles. The van der Waals surface area contributed by atoms with Crippen molar-refractivity contribution in [3.63, 3.8) is 0 Å². The summed E-state index contributed by atoms with van der Waals surface area (Å²) in [7, 11) is 0. The van der Waals surface area contributed by atoms with Crippen molar-refractivity contribution < 1.29 is 14.6 Å². The van der Waals surface area contributed by atoms with E-state index in [9.17, 15) is 4.79 Å². The van der Waals surface area contributed by atoms with Gasteiger partial charge in [0.15, 0.2) is 0 Å². The third-order valence-electron chi connectivity index (χ3n) is 1.18. The summed E-state index contributed by atoms with van der Waals surface area (Å²) < 4.78 is 0. The number of rotatable bonds is 0. The standard InChI is InChI=1S/C5H8O3/c1-4-2-3-7-8-5(4)6/h4H,2-3H2,1H3. The quantitative estimate of drug-likeness (QED) is 0.432. The topological polar surface area (TPSA) is 35.5 Å². The molecular weight excluding hydrogens is 108 g/mol. The highest BCUT2D eigenvalue weighted by molar-refractivity contribution is 5.71. The van der Waals surface area contributed by atoms with Crippen molar-refractivity contribution >= 4 is 5.97 Å². The summed E-state index contributed by atoms with van der Waals surface area (Å²) >= 11 is 0. The third-order valence-corrected chi connectivity index (χ3v) is 1.18. The Kier molecular flexibility index (Phi) is 1.48. The van der Waals surface area contributed by atoms with Crippen LogP contribution in [0.4, 0.5) is 0 Å². The molecule has 0 aromatic carbocycles. The van der Waals surface area contributed by atoms with Crippen LogP contribution < -0.4 is 0 Å². The van der Waals surface area contributed by atoms with Crippen LogP contribution in [0.3, 0.4) is 0 Å². The van der Waals surface area contributed by atoms with Crippen LogP contribution in [0.5, 0.6) is 0 Å². The second-order valence-electron chi connectivity index (χ2n) is 1.91. The van der Waals surface area contributed by atoms with Gasteiger partial charge in [-0.25, -0.2) is 4.79 Å². The summed E-state index contributed by atoms with van der Waals surface area (Å²) in [5, 5.41) is 0. The van der Waals surface area contributed by atoms with Crippen LogP contribution in [-0.2, 0) is 14.6 Å². The maximum Gasteiger partial charge on any atom is 0.345 e. The summed E-state index contributed by atoms with van der Waals surface area (Å²) in [5.41, 5.74) is 0. The Morgan fingerprint density at radius 2 is 2.50 bits per heavy atom. The molecule has 0 aromatic rings. The maximum absolute atomic E-state index is 10.4. The zero-order valence-electron chi connectivity index (χ0n) is 4.72. The van der Waals surface area contributed by atoms with Crippen molar-refractivity contribution in [3.8, 4) is 0 Å². The maximum atomic E-state index is 10.4. The van der Waals surface area contributed by atoms with Crippen LogP contribution in [0.2, 0.25) is 0 Å². The van der Waals surface area contributed by atoms with Crippen molar-refractivity contribution in [2.24, 2.45) is 5.92 Å². The first kappa shape index (κ1) is 5.56. The summed E-state index contributed by atoms with van der Waals surface area (Å²) in [4.78, 5) is 19.1. The van der Waals surface area contributed by atoms with Gasteiger partial charge >= 0.3 is 5.97 Å². The van der Waals surface area contributed by atoms with Gasteiger partial charge in [0.2, 0.25) is 0 Å². The Hall–Kier alpha value is -0.570. The SMILES string of the molecule is CC1CCOOC1=O. The fraction of sp³-hybridized carbons (Fsp3) is 0.800. The van der Waals surface area contributed by atoms with Crippen molar-refractivity contribution in [1.82, 2.24) is 0 Å². The second kappa shape index (κ2) is 2.13. The molecule has 3 nitrogen and oxygen atoms in total. The molecule has 0 saturated carbocycles. The summed E-state index contributed by atoms with van der Waals surface area (Å²) in [6, 6.07) is 0. The minimum atomic E-state index is -0.253. The van der Waals surface area contributed by atoms with Gasteiger partial charge in [0.05, 0.1) is 12.5 Å². The van der Waals surface area contributed by atoms with E-state index in [2.05, 4.69) is 9.78 Å². The van der Waals surface area contributed by atoms with E-state index >= 15 is 0 Å². The van der Waals surface area contributed by atoms with Crippen LogP contribution in [0.15, 0.2) is 0 Å². The molecule has 1 atom stereocenters. The molecule has 3 heteroatoms.